The molecule has 1 amide bonds. The molecular weight excluding hydrogens is 431 g/mol. The molecule has 2 aromatic rings. The number of hydrogen-bond acceptors (Lipinski definition) is 1. The molecule has 0 spiro atoms. The van der Waals surface area contributed by atoms with Gasteiger partial charge in [-0.1, -0.05) is 0 Å². The summed E-state index contributed by atoms with van der Waals surface area (Å²) < 4.78 is 4.19. The van der Waals surface area contributed by atoms with Crippen molar-refractivity contribution in [1.82, 2.24) is 4.57 Å². The Bertz CT molecular complexity index is 677. The summed E-state index contributed by atoms with van der Waals surface area (Å²) in [6, 6.07) is 8.38. The van der Waals surface area contributed by atoms with Crippen molar-refractivity contribution in [2.45, 2.75) is 25.8 Å². The SMILES string of the molecule is Cc1cc(I)ccc1NC(=O)c1cc(Br)cn1C1CC1. The minimum absolute atomic E-state index is 0.0492. The highest BCUT2D eigenvalue weighted by Gasteiger charge is 2.27. The van der Waals surface area contributed by atoms with Gasteiger partial charge >= 0.3 is 0 Å². The molecule has 3 rings (SSSR count). The molecule has 1 aromatic carbocycles. The van der Waals surface area contributed by atoms with Gasteiger partial charge in [0.1, 0.15) is 5.69 Å². The molecule has 1 aromatic heterocycles. The van der Waals surface area contributed by atoms with Crippen LogP contribution in [0.25, 0.3) is 0 Å². The molecule has 0 unspecified atom stereocenters. The average molecular weight is 445 g/mol. The first-order chi connectivity index (χ1) is 9.54. The van der Waals surface area contributed by atoms with Gasteiger partial charge in [0.25, 0.3) is 5.91 Å². The first kappa shape index (κ1) is 14.1. The number of nitrogens with one attached hydrogen (secondary N) is 1. The highest BCUT2D eigenvalue weighted by atomic mass is 127. The third-order valence-electron chi connectivity index (χ3n) is 3.42. The minimum atomic E-state index is -0.0492. The smallest absolute Gasteiger partial charge is 0.272 e. The maximum Gasteiger partial charge on any atom is 0.272 e. The monoisotopic (exact) mass is 444 g/mol. The molecular formula is C15H14BrIN2O. The van der Waals surface area contributed by atoms with Crippen LogP contribution in [0.15, 0.2) is 34.9 Å². The van der Waals surface area contributed by atoms with Gasteiger partial charge in [-0.15, -0.1) is 0 Å². The summed E-state index contributed by atoms with van der Waals surface area (Å²) in [5, 5.41) is 3.01. The molecule has 1 saturated carbocycles. The predicted molar refractivity (Wildman–Crippen MR) is 92.3 cm³/mol. The summed E-state index contributed by atoms with van der Waals surface area (Å²) >= 11 is 5.72. The normalized spacial score (nSPS) is 14.3. The van der Waals surface area contributed by atoms with E-state index in [0.717, 1.165) is 34.3 Å². The molecule has 5 heteroatoms. The highest BCUT2D eigenvalue weighted by molar-refractivity contribution is 14.1. The van der Waals surface area contributed by atoms with Crippen molar-refractivity contribution in [1.29, 1.82) is 0 Å². The number of aryl methyl sites for hydroxylation is 1. The first-order valence-corrected chi connectivity index (χ1v) is 8.36. The fraction of sp³-hybridized carbons (Fsp3) is 0.267. The van der Waals surface area contributed by atoms with Crippen LogP contribution in [-0.2, 0) is 0 Å². The lowest BCUT2D eigenvalue weighted by atomic mass is 10.2. The number of anilines is 1. The predicted octanol–water partition coefficient (Wildman–Crippen LogP) is 4.75. The van der Waals surface area contributed by atoms with E-state index in [4.69, 9.17) is 0 Å². The molecule has 0 radical (unpaired) electrons. The number of rotatable bonds is 3. The van der Waals surface area contributed by atoms with Crippen molar-refractivity contribution < 1.29 is 4.79 Å². The van der Waals surface area contributed by atoms with Crippen LogP contribution in [0, 0.1) is 10.5 Å². The van der Waals surface area contributed by atoms with E-state index in [9.17, 15) is 4.79 Å². The van der Waals surface area contributed by atoms with Crippen LogP contribution in [0.3, 0.4) is 0 Å². The summed E-state index contributed by atoms with van der Waals surface area (Å²) in [6.07, 6.45) is 4.31. The number of benzene rings is 1. The Morgan fingerprint density at radius 1 is 1.40 bits per heavy atom. The number of aromatic nitrogens is 1. The Kier molecular flexibility index (Phi) is 3.90. The van der Waals surface area contributed by atoms with Gasteiger partial charge in [-0.3, -0.25) is 4.79 Å². The molecule has 1 aliphatic rings. The van der Waals surface area contributed by atoms with Gasteiger partial charge < -0.3 is 9.88 Å². The number of carbonyl (C=O) groups is 1. The van der Waals surface area contributed by atoms with E-state index in [1.54, 1.807) is 0 Å². The first-order valence-electron chi connectivity index (χ1n) is 6.49. The molecule has 0 aliphatic heterocycles. The topological polar surface area (TPSA) is 34.0 Å². The summed E-state index contributed by atoms with van der Waals surface area (Å²) in [4.78, 5) is 12.5. The average Bonchev–Trinajstić information content (AvgIpc) is 3.16. The lowest BCUT2D eigenvalue weighted by molar-refractivity contribution is 0.101. The Morgan fingerprint density at radius 2 is 2.15 bits per heavy atom. The quantitative estimate of drug-likeness (QED) is 0.681. The van der Waals surface area contributed by atoms with Crippen LogP contribution in [0.1, 0.15) is 34.9 Å². The molecule has 20 heavy (non-hydrogen) atoms. The zero-order valence-corrected chi connectivity index (χ0v) is 14.7. The van der Waals surface area contributed by atoms with E-state index in [2.05, 4.69) is 54.5 Å². The van der Waals surface area contributed by atoms with Gasteiger partial charge in [-0.2, -0.15) is 0 Å². The Labute approximate surface area is 140 Å². The maximum absolute atomic E-state index is 12.5. The number of halogens is 2. The van der Waals surface area contributed by atoms with E-state index >= 15 is 0 Å². The molecule has 104 valence electrons. The fourth-order valence-corrected chi connectivity index (χ4v) is 3.32. The third-order valence-corrected chi connectivity index (χ3v) is 4.53. The lowest BCUT2D eigenvalue weighted by Crippen LogP contribution is -2.17. The molecule has 0 bridgehead atoms. The van der Waals surface area contributed by atoms with Crippen LogP contribution in [-0.4, -0.2) is 10.5 Å². The molecule has 0 saturated heterocycles. The fourth-order valence-electron chi connectivity index (χ4n) is 2.24. The third kappa shape index (κ3) is 2.93. The number of amides is 1. The Balaban J connectivity index is 1.86. The summed E-state index contributed by atoms with van der Waals surface area (Å²) in [5.74, 6) is -0.0492. The summed E-state index contributed by atoms with van der Waals surface area (Å²) in [7, 11) is 0. The summed E-state index contributed by atoms with van der Waals surface area (Å²) in [6.45, 7) is 2.01. The molecule has 1 fully saturated rings. The van der Waals surface area contributed by atoms with Gasteiger partial charge in [-0.05, 0) is 88.1 Å². The Morgan fingerprint density at radius 3 is 2.80 bits per heavy atom. The second kappa shape index (κ2) is 5.52. The number of carbonyl (C=O) groups excluding carboxylic acids is 1. The van der Waals surface area contributed by atoms with Crippen LogP contribution in [0.2, 0.25) is 0 Å². The largest absolute Gasteiger partial charge is 0.339 e. The highest BCUT2D eigenvalue weighted by Crippen LogP contribution is 2.37. The molecule has 1 aliphatic carbocycles. The van der Waals surface area contributed by atoms with Gasteiger partial charge in [0, 0.05) is 26.0 Å². The molecule has 0 atom stereocenters. The maximum atomic E-state index is 12.5. The molecule has 3 nitrogen and oxygen atoms in total. The van der Waals surface area contributed by atoms with Gasteiger partial charge in [0.15, 0.2) is 0 Å². The summed E-state index contributed by atoms with van der Waals surface area (Å²) in [5.41, 5.74) is 2.67. The second-order valence-corrected chi connectivity index (χ2v) is 7.26. The van der Waals surface area contributed by atoms with Crippen LogP contribution >= 0.6 is 38.5 Å². The van der Waals surface area contributed by atoms with Crippen molar-refractivity contribution in [2.24, 2.45) is 0 Å². The van der Waals surface area contributed by atoms with E-state index in [-0.39, 0.29) is 5.91 Å². The molecule has 1 heterocycles. The number of hydrogen-bond donors (Lipinski definition) is 1. The van der Waals surface area contributed by atoms with Crippen molar-refractivity contribution in [2.75, 3.05) is 5.32 Å². The zero-order chi connectivity index (χ0) is 14.3. The van der Waals surface area contributed by atoms with Crippen LogP contribution < -0.4 is 5.32 Å². The van der Waals surface area contributed by atoms with E-state index < -0.39 is 0 Å². The van der Waals surface area contributed by atoms with Gasteiger partial charge in [0.05, 0.1) is 0 Å². The van der Waals surface area contributed by atoms with Gasteiger partial charge in [0.2, 0.25) is 0 Å². The zero-order valence-electron chi connectivity index (χ0n) is 11.0. The van der Waals surface area contributed by atoms with E-state index in [1.807, 2.05) is 31.3 Å². The van der Waals surface area contributed by atoms with Crippen LogP contribution in [0.4, 0.5) is 5.69 Å². The second-order valence-electron chi connectivity index (χ2n) is 5.10. The minimum Gasteiger partial charge on any atom is -0.339 e. The van der Waals surface area contributed by atoms with Crippen molar-refractivity contribution in [3.63, 3.8) is 0 Å². The van der Waals surface area contributed by atoms with E-state index in [0.29, 0.717) is 6.04 Å². The lowest BCUT2D eigenvalue weighted by Gasteiger charge is -2.11. The van der Waals surface area contributed by atoms with Gasteiger partial charge in [-0.25, -0.2) is 0 Å². The van der Waals surface area contributed by atoms with Crippen LogP contribution in [0.5, 0.6) is 0 Å². The van der Waals surface area contributed by atoms with Crippen molar-refractivity contribution in [3.8, 4) is 0 Å². The Hall–Kier alpha value is -0.820. The van der Waals surface area contributed by atoms with E-state index in [1.165, 1.54) is 3.57 Å². The van der Waals surface area contributed by atoms with Crippen molar-refractivity contribution >= 4 is 50.1 Å². The van der Waals surface area contributed by atoms with Crippen molar-refractivity contribution in [3.05, 3.63) is 49.8 Å². The number of nitrogens with zero attached hydrogens (tertiary/aromatic N) is 1. The standard InChI is InChI=1S/C15H14BrIN2O/c1-9-6-11(17)2-5-13(9)18-15(20)14-7-10(16)8-19(14)12-3-4-12/h2,5-8,12H,3-4H2,1H3,(H,18,20). The molecule has 1 N–H and O–H groups in total.